The minimum Gasteiger partial charge on any atom is -0.268 e. The molecule has 0 amide bonds. The molecular formula is C23H16ClN5O3S2. The van der Waals surface area contributed by atoms with Crippen molar-refractivity contribution < 1.29 is 4.92 Å². The third-order valence-electron chi connectivity index (χ3n) is 5.92. The molecule has 6 rings (SSSR count). The zero-order valence-electron chi connectivity index (χ0n) is 17.6. The molecule has 0 saturated carbocycles. The van der Waals surface area contributed by atoms with Crippen molar-refractivity contribution in [2.24, 2.45) is 0 Å². The number of fused-ring (bicyclic) bond motifs is 5. The summed E-state index contributed by atoms with van der Waals surface area (Å²) in [7, 11) is 0. The van der Waals surface area contributed by atoms with Gasteiger partial charge in [-0.1, -0.05) is 41.6 Å². The fraction of sp³-hybridized carbons (Fsp3) is 0.174. The molecule has 1 aliphatic rings. The normalized spacial score (nSPS) is 13.1. The highest BCUT2D eigenvalue weighted by Gasteiger charge is 2.26. The SMILES string of the molecule is O=c1c2c3c(sc2n2c(SCc4ccc([N+](=O)[O-])cc4)nnc2n1-c1cccc(Cl)c1)CCC3. The summed E-state index contributed by atoms with van der Waals surface area (Å²) >= 11 is 9.36. The molecule has 0 saturated heterocycles. The van der Waals surface area contributed by atoms with Crippen LogP contribution in [-0.4, -0.2) is 24.1 Å². The minimum atomic E-state index is -0.412. The molecule has 0 N–H and O–H groups in total. The van der Waals surface area contributed by atoms with Crippen LogP contribution in [0, 0.1) is 10.1 Å². The second-order valence-electron chi connectivity index (χ2n) is 7.99. The summed E-state index contributed by atoms with van der Waals surface area (Å²) in [6, 6.07) is 13.6. The first kappa shape index (κ1) is 21.3. The van der Waals surface area contributed by atoms with Crippen LogP contribution in [0.5, 0.6) is 0 Å². The van der Waals surface area contributed by atoms with E-state index in [0.29, 0.717) is 27.4 Å². The van der Waals surface area contributed by atoms with E-state index in [0.717, 1.165) is 40.6 Å². The first-order chi connectivity index (χ1) is 16.5. The van der Waals surface area contributed by atoms with Gasteiger partial charge in [0, 0.05) is 27.8 Å². The topological polar surface area (TPSA) is 95.3 Å². The Labute approximate surface area is 206 Å². The second kappa shape index (κ2) is 8.23. The number of hydrogen-bond acceptors (Lipinski definition) is 7. The smallest absolute Gasteiger partial charge is 0.268 e. The summed E-state index contributed by atoms with van der Waals surface area (Å²) in [6.07, 6.45) is 2.91. The Kier molecular flexibility index (Phi) is 5.16. The molecule has 0 atom stereocenters. The van der Waals surface area contributed by atoms with Gasteiger partial charge in [0.15, 0.2) is 5.16 Å². The van der Waals surface area contributed by atoms with Crippen LogP contribution in [0.4, 0.5) is 5.69 Å². The lowest BCUT2D eigenvalue weighted by molar-refractivity contribution is -0.384. The summed E-state index contributed by atoms with van der Waals surface area (Å²) < 4.78 is 3.54. The lowest BCUT2D eigenvalue weighted by atomic mass is 10.2. The number of nitrogens with zero attached hydrogens (tertiary/aromatic N) is 5. The van der Waals surface area contributed by atoms with Gasteiger partial charge in [-0.05, 0) is 48.6 Å². The van der Waals surface area contributed by atoms with Crippen molar-refractivity contribution in [2.75, 3.05) is 0 Å². The maximum Gasteiger partial charge on any atom is 0.269 e. The summed E-state index contributed by atoms with van der Waals surface area (Å²) in [5.41, 5.74) is 2.65. The number of aromatic nitrogens is 4. The zero-order valence-corrected chi connectivity index (χ0v) is 20.0. The van der Waals surface area contributed by atoms with Gasteiger partial charge in [-0.25, -0.2) is 8.97 Å². The number of non-ortho nitro benzene ring substituents is 1. The molecule has 8 nitrogen and oxygen atoms in total. The standard InChI is InChI=1S/C23H16ClN5O3S2/c24-14-3-1-4-16(11-14)27-20(30)19-17-5-2-6-18(17)34-21(19)28-22(27)25-26-23(28)33-12-13-7-9-15(10-8-13)29(31)32/h1,3-4,7-11H,2,5-6,12H2. The second-order valence-corrected chi connectivity index (χ2v) is 10.5. The number of rotatable bonds is 5. The molecular weight excluding hydrogens is 494 g/mol. The molecule has 0 unspecified atom stereocenters. The van der Waals surface area contributed by atoms with Crippen LogP contribution < -0.4 is 5.56 Å². The van der Waals surface area contributed by atoms with E-state index in [9.17, 15) is 14.9 Å². The first-order valence-electron chi connectivity index (χ1n) is 10.6. The summed E-state index contributed by atoms with van der Waals surface area (Å²) in [5.74, 6) is 0.993. The quantitative estimate of drug-likeness (QED) is 0.178. The number of nitro groups is 1. The number of benzene rings is 2. The fourth-order valence-electron chi connectivity index (χ4n) is 4.36. The van der Waals surface area contributed by atoms with Gasteiger partial charge in [0.2, 0.25) is 5.78 Å². The number of thiophene rings is 1. The first-order valence-corrected chi connectivity index (χ1v) is 12.8. The number of aryl methyl sites for hydroxylation is 2. The Morgan fingerprint density at radius 1 is 1.15 bits per heavy atom. The molecule has 0 fully saturated rings. The van der Waals surface area contributed by atoms with Crippen molar-refractivity contribution in [1.29, 1.82) is 0 Å². The summed E-state index contributed by atoms with van der Waals surface area (Å²) in [5, 5.41) is 21.7. The van der Waals surface area contributed by atoms with Gasteiger partial charge in [0.05, 0.1) is 16.0 Å². The predicted octanol–water partition coefficient (Wildman–Crippen LogP) is 5.44. The number of thioether (sulfide) groups is 1. The summed E-state index contributed by atoms with van der Waals surface area (Å²) in [4.78, 5) is 26.4. The van der Waals surface area contributed by atoms with E-state index in [-0.39, 0.29) is 11.2 Å². The fourth-order valence-corrected chi connectivity index (χ4v) is 6.87. The predicted molar refractivity (Wildman–Crippen MR) is 134 cm³/mol. The Balaban J connectivity index is 1.52. The number of nitro benzene ring substituents is 1. The lowest BCUT2D eigenvalue weighted by Gasteiger charge is -2.10. The van der Waals surface area contributed by atoms with Gasteiger partial charge >= 0.3 is 0 Å². The van der Waals surface area contributed by atoms with Crippen LogP contribution >= 0.6 is 34.7 Å². The average molecular weight is 510 g/mol. The monoisotopic (exact) mass is 509 g/mol. The molecule has 3 aromatic heterocycles. The maximum atomic E-state index is 13.7. The lowest BCUT2D eigenvalue weighted by Crippen LogP contribution is -2.21. The molecule has 0 aliphatic heterocycles. The Morgan fingerprint density at radius 3 is 2.74 bits per heavy atom. The van der Waals surface area contributed by atoms with Crippen LogP contribution in [0.25, 0.3) is 21.7 Å². The van der Waals surface area contributed by atoms with Gasteiger partial charge in [-0.3, -0.25) is 14.9 Å². The molecule has 0 spiro atoms. The van der Waals surface area contributed by atoms with E-state index in [1.165, 1.54) is 28.8 Å². The molecule has 0 radical (unpaired) electrons. The highest BCUT2D eigenvalue weighted by molar-refractivity contribution is 7.98. The van der Waals surface area contributed by atoms with Crippen molar-refractivity contribution in [3.63, 3.8) is 0 Å². The third-order valence-corrected chi connectivity index (χ3v) is 8.43. The van der Waals surface area contributed by atoms with Gasteiger partial charge in [0.25, 0.3) is 11.2 Å². The van der Waals surface area contributed by atoms with Crippen molar-refractivity contribution in [1.82, 2.24) is 19.2 Å². The third kappa shape index (κ3) is 3.41. The van der Waals surface area contributed by atoms with E-state index in [1.807, 2.05) is 16.5 Å². The molecule has 1 aliphatic carbocycles. The van der Waals surface area contributed by atoms with Crippen LogP contribution in [-0.2, 0) is 18.6 Å². The average Bonchev–Trinajstić information content (AvgIpc) is 3.52. The van der Waals surface area contributed by atoms with E-state index >= 15 is 0 Å². The molecule has 5 aromatic rings. The summed E-state index contributed by atoms with van der Waals surface area (Å²) in [6.45, 7) is 0. The van der Waals surface area contributed by atoms with Crippen LogP contribution in [0.3, 0.4) is 0 Å². The van der Waals surface area contributed by atoms with E-state index < -0.39 is 4.92 Å². The van der Waals surface area contributed by atoms with Gasteiger partial charge in [-0.15, -0.1) is 21.5 Å². The maximum absolute atomic E-state index is 13.7. The van der Waals surface area contributed by atoms with Crippen molar-refractivity contribution in [3.8, 4) is 5.69 Å². The van der Waals surface area contributed by atoms with Crippen LogP contribution in [0.1, 0.15) is 22.4 Å². The van der Waals surface area contributed by atoms with Crippen LogP contribution in [0.15, 0.2) is 58.5 Å². The zero-order chi connectivity index (χ0) is 23.4. The van der Waals surface area contributed by atoms with Crippen molar-refractivity contribution >= 4 is 56.4 Å². The van der Waals surface area contributed by atoms with Gasteiger partial charge in [0.1, 0.15) is 4.83 Å². The van der Waals surface area contributed by atoms with Gasteiger partial charge in [-0.2, -0.15) is 0 Å². The van der Waals surface area contributed by atoms with E-state index in [2.05, 4.69) is 10.2 Å². The molecule has 34 heavy (non-hydrogen) atoms. The Bertz CT molecular complexity index is 1660. The van der Waals surface area contributed by atoms with Gasteiger partial charge < -0.3 is 0 Å². The molecule has 170 valence electrons. The molecule has 0 bridgehead atoms. The van der Waals surface area contributed by atoms with Crippen LogP contribution in [0.2, 0.25) is 5.02 Å². The van der Waals surface area contributed by atoms with E-state index in [4.69, 9.17) is 11.6 Å². The van der Waals surface area contributed by atoms with Crippen molar-refractivity contribution in [2.45, 2.75) is 30.2 Å². The molecule has 11 heteroatoms. The number of halogens is 1. The molecule has 3 heterocycles. The highest BCUT2D eigenvalue weighted by Crippen LogP contribution is 2.38. The van der Waals surface area contributed by atoms with Crippen molar-refractivity contribution in [3.05, 3.63) is 90.0 Å². The Morgan fingerprint density at radius 2 is 1.97 bits per heavy atom. The molecule has 2 aromatic carbocycles. The highest BCUT2D eigenvalue weighted by atomic mass is 35.5. The largest absolute Gasteiger partial charge is 0.269 e. The number of hydrogen-bond donors (Lipinski definition) is 0. The Hall–Kier alpha value is -3.21. The minimum absolute atomic E-state index is 0.0574. The van der Waals surface area contributed by atoms with E-state index in [1.54, 1.807) is 40.2 Å².